The highest BCUT2D eigenvalue weighted by Crippen LogP contribution is 2.18. The summed E-state index contributed by atoms with van der Waals surface area (Å²) >= 11 is 5.80. The molecule has 29 heavy (non-hydrogen) atoms. The molecule has 0 heterocycles. The van der Waals surface area contributed by atoms with E-state index in [-0.39, 0.29) is 17.7 Å². The maximum absolute atomic E-state index is 12.5. The molecule has 0 aliphatic carbocycles. The topological polar surface area (TPSA) is 49.4 Å². The molecule has 3 aromatic rings. The van der Waals surface area contributed by atoms with Gasteiger partial charge in [0.15, 0.2) is 0 Å². The van der Waals surface area contributed by atoms with Gasteiger partial charge in [0.1, 0.15) is 5.88 Å². The molecule has 0 saturated heterocycles. The Balaban J connectivity index is 1.66. The van der Waals surface area contributed by atoms with Gasteiger partial charge in [-0.25, -0.2) is 0 Å². The largest absolute Gasteiger partial charge is 0.352 e. The van der Waals surface area contributed by atoms with E-state index in [4.69, 9.17) is 11.6 Å². The zero-order chi connectivity index (χ0) is 20.5. The van der Waals surface area contributed by atoms with Gasteiger partial charge in [-0.1, -0.05) is 60.7 Å². The van der Waals surface area contributed by atoms with Crippen LogP contribution < -0.4 is 10.2 Å². The van der Waals surface area contributed by atoms with Crippen LogP contribution in [0.15, 0.2) is 84.9 Å². The van der Waals surface area contributed by atoms with Crippen LogP contribution in [0.3, 0.4) is 0 Å². The summed E-state index contributed by atoms with van der Waals surface area (Å²) in [7, 11) is 0. The number of nitrogens with zero attached hydrogens (tertiary/aromatic N) is 1. The molecule has 0 aliphatic heterocycles. The molecule has 4 nitrogen and oxygen atoms in total. The van der Waals surface area contributed by atoms with Crippen LogP contribution in [-0.4, -0.2) is 24.2 Å². The summed E-state index contributed by atoms with van der Waals surface area (Å²) < 4.78 is 0. The molecule has 0 radical (unpaired) electrons. The summed E-state index contributed by atoms with van der Waals surface area (Å²) in [6.45, 7) is 0.911. The van der Waals surface area contributed by atoms with Gasteiger partial charge in [0.05, 0.1) is 6.54 Å². The minimum atomic E-state index is -0.185. The molecule has 0 bridgehead atoms. The highest BCUT2D eigenvalue weighted by atomic mass is 35.5. The predicted octanol–water partition coefficient (Wildman–Crippen LogP) is 4.43. The van der Waals surface area contributed by atoms with Gasteiger partial charge in [0, 0.05) is 17.8 Å². The number of hydrogen-bond donors (Lipinski definition) is 1. The highest BCUT2D eigenvalue weighted by Gasteiger charge is 2.16. The number of carbonyl (C=O) groups is 2. The molecular weight excluding hydrogens is 384 g/mol. The lowest BCUT2D eigenvalue weighted by atomic mass is 10.1. The van der Waals surface area contributed by atoms with Gasteiger partial charge in [-0.3, -0.25) is 9.59 Å². The third kappa shape index (κ3) is 5.93. The van der Waals surface area contributed by atoms with Crippen molar-refractivity contribution >= 4 is 29.1 Å². The van der Waals surface area contributed by atoms with Crippen molar-refractivity contribution < 1.29 is 9.59 Å². The van der Waals surface area contributed by atoms with Crippen molar-refractivity contribution in [3.05, 3.63) is 102 Å². The fourth-order valence-electron chi connectivity index (χ4n) is 3.06. The molecule has 0 unspecified atom stereocenters. The molecule has 0 atom stereocenters. The van der Waals surface area contributed by atoms with E-state index in [1.54, 1.807) is 11.0 Å². The van der Waals surface area contributed by atoms with Crippen LogP contribution >= 0.6 is 11.6 Å². The molecule has 0 aromatic heterocycles. The van der Waals surface area contributed by atoms with Crippen LogP contribution in [0.4, 0.5) is 5.69 Å². The van der Waals surface area contributed by atoms with Gasteiger partial charge >= 0.3 is 0 Å². The summed E-state index contributed by atoms with van der Waals surface area (Å²) in [6, 6.07) is 26.7. The Labute approximate surface area is 176 Å². The molecule has 5 heteroatoms. The first-order chi connectivity index (χ1) is 14.2. The van der Waals surface area contributed by atoms with Crippen molar-refractivity contribution in [2.75, 3.05) is 17.3 Å². The summed E-state index contributed by atoms with van der Waals surface area (Å²) in [5.74, 6) is -0.414. The lowest BCUT2D eigenvalue weighted by Gasteiger charge is -2.22. The molecular formula is C24H23ClN2O2. The number of hydrogen-bond acceptors (Lipinski definition) is 2. The number of para-hydroxylation sites is 1. The molecule has 1 N–H and O–H groups in total. The quantitative estimate of drug-likeness (QED) is 0.562. The minimum Gasteiger partial charge on any atom is -0.352 e. The summed E-state index contributed by atoms with van der Waals surface area (Å²) in [4.78, 5) is 26.5. The van der Waals surface area contributed by atoms with Crippen LogP contribution in [-0.2, 0) is 17.8 Å². The standard InChI is InChI=1S/C24H23ClN2O2/c25-17-23(28)27(22-12-5-2-6-13-22)18-20-10-7-11-21(16-20)24(29)26-15-14-19-8-3-1-4-9-19/h1-13,16H,14-15,17-18H2,(H,26,29). The number of amides is 2. The number of rotatable bonds is 8. The second-order valence-corrected chi connectivity index (χ2v) is 6.91. The van der Waals surface area contributed by atoms with E-state index < -0.39 is 0 Å². The molecule has 0 fully saturated rings. The average Bonchev–Trinajstić information content (AvgIpc) is 2.78. The van der Waals surface area contributed by atoms with E-state index in [9.17, 15) is 9.59 Å². The number of carbonyl (C=O) groups excluding carboxylic acids is 2. The molecule has 0 saturated carbocycles. The summed E-state index contributed by atoms with van der Waals surface area (Å²) in [6.07, 6.45) is 0.776. The van der Waals surface area contributed by atoms with E-state index in [2.05, 4.69) is 5.32 Å². The molecule has 3 rings (SSSR count). The lowest BCUT2D eigenvalue weighted by Crippen LogP contribution is -2.31. The Hall–Kier alpha value is -3.11. The van der Waals surface area contributed by atoms with Crippen LogP contribution in [0.1, 0.15) is 21.5 Å². The van der Waals surface area contributed by atoms with Crippen molar-refractivity contribution in [3.8, 4) is 0 Å². The van der Waals surface area contributed by atoms with Gasteiger partial charge in [0.25, 0.3) is 5.91 Å². The normalized spacial score (nSPS) is 10.4. The second-order valence-electron chi connectivity index (χ2n) is 6.64. The van der Waals surface area contributed by atoms with E-state index in [0.717, 1.165) is 17.7 Å². The van der Waals surface area contributed by atoms with Gasteiger partial charge in [-0.05, 0) is 41.8 Å². The second kappa shape index (κ2) is 10.4. The Kier molecular flexibility index (Phi) is 7.42. The van der Waals surface area contributed by atoms with E-state index in [0.29, 0.717) is 18.7 Å². The van der Waals surface area contributed by atoms with Crippen LogP contribution in [0.2, 0.25) is 0 Å². The van der Waals surface area contributed by atoms with E-state index in [1.807, 2.05) is 78.9 Å². The van der Waals surface area contributed by atoms with E-state index >= 15 is 0 Å². The first-order valence-electron chi connectivity index (χ1n) is 9.50. The van der Waals surface area contributed by atoms with Crippen molar-refractivity contribution in [3.63, 3.8) is 0 Å². The number of alkyl halides is 1. The Morgan fingerprint density at radius 3 is 2.17 bits per heavy atom. The van der Waals surface area contributed by atoms with Gasteiger partial charge in [-0.15, -0.1) is 11.6 Å². The Bertz CT molecular complexity index is 945. The van der Waals surface area contributed by atoms with Gasteiger partial charge in [0.2, 0.25) is 5.91 Å². The lowest BCUT2D eigenvalue weighted by molar-refractivity contribution is -0.116. The molecule has 0 aliphatic rings. The van der Waals surface area contributed by atoms with Crippen molar-refractivity contribution in [2.45, 2.75) is 13.0 Å². The fourth-order valence-corrected chi connectivity index (χ4v) is 3.21. The average molecular weight is 407 g/mol. The zero-order valence-electron chi connectivity index (χ0n) is 16.1. The first-order valence-corrected chi connectivity index (χ1v) is 10.0. The smallest absolute Gasteiger partial charge is 0.251 e. The van der Waals surface area contributed by atoms with Crippen LogP contribution in [0.25, 0.3) is 0 Å². The number of benzene rings is 3. The minimum absolute atomic E-state index is 0.103. The van der Waals surface area contributed by atoms with Crippen molar-refractivity contribution in [1.29, 1.82) is 0 Å². The highest BCUT2D eigenvalue weighted by molar-refractivity contribution is 6.29. The van der Waals surface area contributed by atoms with Gasteiger partial charge < -0.3 is 10.2 Å². The van der Waals surface area contributed by atoms with Crippen molar-refractivity contribution in [2.24, 2.45) is 0 Å². The number of halogens is 1. The van der Waals surface area contributed by atoms with Crippen LogP contribution in [0, 0.1) is 0 Å². The SMILES string of the molecule is O=C(NCCc1ccccc1)c1cccc(CN(C(=O)CCl)c2ccccc2)c1. The monoisotopic (exact) mass is 406 g/mol. The van der Waals surface area contributed by atoms with Crippen LogP contribution in [0.5, 0.6) is 0 Å². The third-order valence-corrected chi connectivity index (χ3v) is 4.78. The van der Waals surface area contributed by atoms with Crippen molar-refractivity contribution in [1.82, 2.24) is 5.32 Å². The number of nitrogens with one attached hydrogen (secondary N) is 1. The molecule has 148 valence electrons. The van der Waals surface area contributed by atoms with Gasteiger partial charge in [-0.2, -0.15) is 0 Å². The van der Waals surface area contributed by atoms with E-state index in [1.165, 1.54) is 5.56 Å². The summed E-state index contributed by atoms with van der Waals surface area (Å²) in [5, 5.41) is 2.95. The molecule has 0 spiro atoms. The summed E-state index contributed by atoms with van der Waals surface area (Å²) in [5.41, 5.74) is 3.39. The maximum atomic E-state index is 12.5. The molecule has 2 amide bonds. The first kappa shape index (κ1) is 20.6. The maximum Gasteiger partial charge on any atom is 0.251 e. The fraction of sp³-hybridized carbons (Fsp3) is 0.167. The Morgan fingerprint density at radius 2 is 1.48 bits per heavy atom. The third-order valence-electron chi connectivity index (χ3n) is 4.56. The zero-order valence-corrected chi connectivity index (χ0v) is 16.8. The number of anilines is 1. The molecule has 3 aromatic carbocycles. The Morgan fingerprint density at radius 1 is 0.828 bits per heavy atom. The predicted molar refractivity (Wildman–Crippen MR) is 117 cm³/mol.